The van der Waals surface area contributed by atoms with Gasteiger partial charge in [-0.05, 0) is 63.6 Å². The molecule has 0 saturated carbocycles. The van der Waals surface area contributed by atoms with Crippen LogP contribution >= 0.6 is 47.9 Å². The van der Waals surface area contributed by atoms with Crippen LogP contribution in [0, 0.1) is 6.92 Å². The monoisotopic (exact) mass is 628 g/mol. The van der Waals surface area contributed by atoms with Crippen molar-refractivity contribution in [2.24, 2.45) is 0 Å². The summed E-state index contributed by atoms with van der Waals surface area (Å²) < 4.78 is 1.40. The molecule has 0 saturated heterocycles. The number of fused-ring (bicyclic) bond motifs is 3. The minimum Gasteiger partial charge on any atom is -0.240 e. The molecule has 0 bridgehead atoms. The molecule has 179 valence electrons. The van der Waals surface area contributed by atoms with E-state index in [1.54, 1.807) is 21.6 Å². The van der Waals surface area contributed by atoms with Gasteiger partial charge in [-0.15, -0.1) is 51.9 Å². The molecule has 0 N–H and O–H groups in total. The Morgan fingerprint density at radius 2 is 1.60 bits per heavy atom. The zero-order valence-corrected chi connectivity index (χ0v) is 27.2. The van der Waals surface area contributed by atoms with Crippen LogP contribution in [0.25, 0.3) is 28.9 Å². The molecule has 0 nitrogen and oxygen atoms in total. The first-order chi connectivity index (χ1) is 15.5. The molecule has 1 aliphatic heterocycles. The summed E-state index contributed by atoms with van der Waals surface area (Å²) in [5, 5.41) is 3.57. The molecule has 0 spiro atoms. The maximum absolute atomic E-state index is 3.87. The van der Waals surface area contributed by atoms with E-state index < -0.39 is 8.80 Å². The third-order valence-electron chi connectivity index (χ3n) is 6.99. The number of thioether (sulfide) groups is 1. The summed E-state index contributed by atoms with van der Waals surface area (Å²) in [6, 6.07) is 17.7. The van der Waals surface area contributed by atoms with Crippen LogP contribution in [0.2, 0.25) is 13.1 Å². The summed E-state index contributed by atoms with van der Waals surface area (Å²) in [4.78, 5) is 2.99. The molecule has 35 heavy (non-hydrogen) atoms. The van der Waals surface area contributed by atoms with Crippen LogP contribution in [0.15, 0.2) is 64.6 Å². The maximum atomic E-state index is 3.87. The second kappa shape index (κ2) is 11.0. The number of thiophene rings is 1. The van der Waals surface area contributed by atoms with Crippen LogP contribution in [-0.2, 0) is 26.2 Å². The van der Waals surface area contributed by atoms with Gasteiger partial charge in [0.05, 0.1) is 8.80 Å². The number of aryl methyl sites for hydroxylation is 1. The molecule has 1 aromatic heterocycles. The molecule has 3 aliphatic rings. The third-order valence-corrected chi connectivity index (χ3v) is 11.0. The SMILES string of the molecule is CC1=Cc2c(-c3ccccc3)cccc2C1C1=C(C)SC2[C-]=c3sc(C)c([Si](C)C)c3=C12.Cl.Cl.[Zr]. The van der Waals surface area contributed by atoms with Gasteiger partial charge in [0.15, 0.2) is 0 Å². The number of hydrogen-bond acceptors (Lipinski definition) is 2. The number of hydrogen-bond donors (Lipinski definition) is 0. The molecule has 2 unspecified atom stereocenters. The molecule has 1 radical (unpaired) electrons. The third kappa shape index (κ3) is 4.51. The molecule has 2 atom stereocenters. The second-order valence-corrected chi connectivity index (χ2v) is 14.3. The van der Waals surface area contributed by atoms with Crippen LogP contribution in [0.5, 0.6) is 0 Å². The number of benzene rings is 2. The van der Waals surface area contributed by atoms with Gasteiger partial charge in [0.1, 0.15) is 0 Å². The minimum absolute atomic E-state index is 0. The van der Waals surface area contributed by atoms with Gasteiger partial charge in [-0.2, -0.15) is 16.6 Å². The van der Waals surface area contributed by atoms with Gasteiger partial charge in [0.25, 0.3) is 0 Å². The van der Waals surface area contributed by atoms with Crippen LogP contribution in [0.3, 0.4) is 0 Å². The van der Waals surface area contributed by atoms with E-state index in [2.05, 4.69) is 94.5 Å². The van der Waals surface area contributed by atoms with E-state index in [9.17, 15) is 0 Å². The molecule has 3 aromatic rings. The van der Waals surface area contributed by atoms with Crippen molar-refractivity contribution in [2.75, 3.05) is 0 Å². The molecule has 6 heteroatoms. The van der Waals surface area contributed by atoms with Crippen molar-refractivity contribution < 1.29 is 26.2 Å². The van der Waals surface area contributed by atoms with Crippen molar-refractivity contribution in [3.05, 3.63) is 90.3 Å². The van der Waals surface area contributed by atoms with Crippen molar-refractivity contribution in [2.45, 2.75) is 45.0 Å². The number of allylic oxidation sites excluding steroid dienone is 3. The molecule has 2 heterocycles. The maximum Gasteiger partial charge on any atom is 0.0592 e. The molecule has 6 rings (SSSR count). The van der Waals surface area contributed by atoms with Gasteiger partial charge >= 0.3 is 0 Å². The summed E-state index contributed by atoms with van der Waals surface area (Å²) in [6.45, 7) is 11.9. The predicted octanol–water partition coefficient (Wildman–Crippen LogP) is 6.94. The summed E-state index contributed by atoms with van der Waals surface area (Å²) in [6.07, 6.45) is 6.32. The second-order valence-electron chi connectivity index (χ2n) is 9.26. The predicted molar refractivity (Wildman–Crippen MR) is 159 cm³/mol. The van der Waals surface area contributed by atoms with Gasteiger partial charge in [-0.25, -0.2) is 6.08 Å². The largest absolute Gasteiger partial charge is 0.240 e. The average Bonchev–Trinajstić information content (AvgIpc) is 3.45. The normalized spacial score (nSPS) is 19.3. The zero-order chi connectivity index (χ0) is 22.1. The molecule has 0 fully saturated rings. The van der Waals surface area contributed by atoms with Crippen molar-refractivity contribution in [3.8, 4) is 11.1 Å². The van der Waals surface area contributed by atoms with Crippen LogP contribution in [0.4, 0.5) is 0 Å². The minimum atomic E-state index is -0.537. The Balaban J connectivity index is 0.00000114. The van der Waals surface area contributed by atoms with E-state index in [0.717, 1.165) is 0 Å². The Kier molecular flexibility index (Phi) is 9.11. The molecule has 2 aliphatic carbocycles. The Hall–Kier alpha value is -0.610. The first kappa shape index (κ1) is 29.0. The van der Waals surface area contributed by atoms with E-state index in [-0.39, 0.29) is 51.0 Å². The quantitative estimate of drug-likeness (QED) is 0.223. The van der Waals surface area contributed by atoms with Crippen LogP contribution in [0.1, 0.15) is 35.8 Å². The Labute approximate surface area is 250 Å². The fourth-order valence-electron chi connectivity index (χ4n) is 5.79. The topological polar surface area (TPSA) is 0 Å². The number of halogens is 2. The summed E-state index contributed by atoms with van der Waals surface area (Å²) in [5.74, 6) is 0.353. The Bertz CT molecular complexity index is 1470. The first-order valence-corrected chi connectivity index (χ1v) is 15.5. The molecular formula is C29H28Cl2S2SiZr-. The van der Waals surface area contributed by atoms with Gasteiger partial charge in [-0.1, -0.05) is 73.3 Å². The molecule has 0 amide bonds. The summed E-state index contributed by atoms with van der Waals surface area (Å²) >= 11 is 3.98. The Morgan fingerprint density at radius 3 is 2.29 bits per heavy atom. The van der Waals surface area contributed by atoms with Gasteiger partial charge < -0.3 is 0 Å². The van der Waals surface area contributed by atoms with Crippen LogP contribution in [-0.4, -0.2) is 14.0 Å². The van der Waals surface area contributed by atoms with Gasteiger partial charge in [0.2, 0.25) is 0 Å². The molecule has 2 aromatic carbocycles. The smallest absolute Gasteiger partial charge is 0.0592 e. The zero-order valence-electron chi connectivity index (χ0n) is 20.5. The van der Waals surface area contributed by atoms with E-state index in [1.165, 1.54) is 42.1 Å². The van der Waals surface area contributed by atoms with E-state index in [1.807, 2.05) is 23.1 Å². The van der Waals surface area contributed by atoms with E-state index in [4.69, 9.17) is 0 Å². The summed E-state index contributed by atoms with van der Waals surface area (Å²) in [5.41, 5.74) is 10.1. The number of rotatable bonds is 3. The Morgan fingerprint density at radius 1 is 0.886 bits per heavy atom. The van der Waals surface area contributed by atoms with Crippen molar-refractivity contribution in [3.63, 3.8) is 0 Å². The first-order valence-electron chi connectivity index (χ1n) is 11.3. The average molecular weight is 631 g/mol. The standard InChI is InChI=1S/C29H26S2Si.2ClH.Zr/c1-16-14-22-20(19-10-7-6-8-11-19)12-9-13-21(22)25(16)26-17(2)30-23-15-24-28(27(23)26)29(32(4)5)18(3)31-24;;;/h6-14,23,25H,1-5H3;2*1H;/q-1;;;. The van der Waals surface area contributed by atoms with Crippen molar-refractivity contribution >= 4 is 79.6 Å². The fourth-order valence-corrected chi connectivity index (χ4v) is 10.4. The summed E-state index contributed by atoms with van der Waals surface area (Å²) in [7, 11) is -0.537. The fraction of sp³-hybridized carbons (Fsp3) is 0.241. The van der Waals surface area contributed by atoms with Gasteiger partial charge in [-0.3, -0.25) is 0 Å². The van der Waals surface area contributed by atoms with Crippen LogP contribution < -0.4 is 14.9 Å². The van der Waals surface area contributed by atoms with Gasteiger partial charge in [0, 0.05) is 32.1 Å². The van der Waals surface area contributed by atoms with E-state index >= 15 is 0 Å². The van der Waals surface area contributed by atoms with Crippen molar-refractivity contribution in [1.29, 1.82) is 0 Å². The molecular weight excluding hydrogens is 603 g/mol. The van der Waals surface area contributed by atoms with Crippen molar-refractivity contribution in [1.82, 2.24) is 0 Å². The van der Waals surface area contributed by atoms with E-state index in [0.29, 0.717) is 11.2 Å².